The molecule has 0 saturated carbocycles. The fourth-order valence-corrected chi connectivity index (χ4v) is 4.00. The first-order valence-corrected chi connectivity index (χ1v) is 8.04. The van der Waals surface area contributed by atoms with Crippen LogP contribution in [0.1, 0.15) is 6.92 Å². The molecule has 10 heteroatoms. The van der Waals surface area contributed by atoms with E-state index >= 15 is 0 Å². The third-order valence-electron chi connectivity index (χ3n) is 3.65. The Labute approximate surface area is 130 Å². The Morgan fingerprint density at radius 2 is 2.04 bits per heavy atom. The van der Waals surface area contributed by atoms with E-state index in [1.165, 1.54) is 0 Å². The highest BCUT2D eigenvalue weighted by molar-refractivity contribution is 7.89. The summed E-state index contributed by atoms with van der Waals surface area (Å²) in [6.07, 6.45) is 0. The van der Waals surface area contributed by atoms with Gasteiger partial charge in [0.1, 0.15) is 0 Å². The normalized spacial score (nSPS) is 22.5. The van der Waals surface area contributed by atoms with Gasteiger partial charge in [-0.25, -0.2) is 12.8 Å². The predicted octanol–water partition coefficient (Wildman–Crippen LogP) is 1.77. The van der Waals surface area contributed by atoms with Crippen molar-refractivity contribution in [2.75, 3.05) is 13.1 Å². The SMILES string of the molecule is C[C@@H]1CN(S(=O)(=O)c2ccc(OC(F)F)c(F)c2)C[C@H]1C(=O)O. The molecule has 1 aliphatic rings. The second-order valence-corrected chi connectivity index (χ2v) is 7.15. The number of sulfonamides is 1. The first-order chi connectivity index (χ1) is 10.6. The van der Waals surface area contributed by atoms with Crippen LogP contribution in [0.3, 0.4) is 0 Å². The Bertz CT molecular complexity index is 710. The van der Waals surface area contributed by atoms with Gasteiger partial charge in [-0.15, -0.1) is 0 Å². The Morgan fingerprint density at radius 1 is 1.39 bits per heavy atom. The summed E-state index contributed by atoms with van der Waals surface area (Å²) in [4.78, 5) is 10.6. The zero-order valence-electron chi connectivity index (χ0n) is 11.9. The van der Waals surface area contributed by atoms with Gasteiger partial charge in [-0.2, -0.15) is 13.1 Å². The number of carboxylic acid groups (broad SMARTS) is 1. The van der Waals surface area contributed by atoms with Gasteiger partial charge >= 0.3 is 12.6 Å². The molecule has 0 spiro atoms. The van der Waals surface area contributed by atoms with Crippen molar-refractivity contribution in [3.8, 4) is 5.75 Å². The molecule has 0 amide bonds. The number of aliphatic carboxylic acids is 1. The molecule has 1 heterocycles. The number of carbonyl (C=O) groups is 1. The van der Waals surface area contributed by atoms with Gasteiger partial charge in [-0.05, 0) is 24.1 Å². The summed E-state index contributed by atoms with van der Waals surface area (Å²) >= 11 is 0. The van der Waals surface area contributed by atoms with E-state index in [9.17, 15) is 26.4 Å². The molecule has 0 aliphatic carbocycles. The van der Waals surface area contributed by atoms with Crippen molar-refractivity contribution in [1.82, 2.24) is 4.31 Å². The van der Waals surface area contributed by atoms with Crippen molar-refractivity contribution in [3.63, 3.8) is 0 Å². The van der Waals surface area contributed by atoms with E-state index in [4.69, 9.17) is 5.11 Å². The van der Waals surface area contributed by atoms with Gasteiger partial charge in [0.15, 0.2) is 11.6 Å². The molecular formula is C13H14F3NO5S. The quantitative estimate of drug-likeness (QED) is 0.872. The number of nitrogens with zero attached hydrogens (tertiary/aromatic N) is 1. The molecule has 0 unspecified atom stereocenters. The largest absolute Gasteiger partial charge is 0.481 e. The van der Waals surface area contributed by atoms with Crippen molar-refractivity contribution < 1.29 is 36.2 Å². The van der Waals surface area contributed by atoms with Crippen LogP contribution in [0.2, 0.25) is 0 Å². The summed E-state index contributed by atoms with van der Waals surface area (Å²) in [5.74, 6) is -4.36. The summed E-state index contributed by atoms with van der Waals surface area (Å²) in [5.41, 5.74) is 0. The molecule has 0 aromatic heterocycles. The molecule has 0 radical (unpaired) electrons. The molecule has 1 N–H and O–H groups in total. The lowest BCUT2D eigenvalue weighted by Gasteiger charge is -2.16. The van der Waals surface area contributed by atoms with E-state index in [-0.39, 0.29) is 13.1 Å². The zero-order valence-corrected chi connectivity index (χ0v) is 12.8. The maximum absolute atomic E-state index is 13.7. The molecule has 1 aromatic carbocycles. The van der Waals surface area contributed by atoms with Gasteiger partial charge in [0.25, 0.3) is 0 Å². The van der Waals surface area contributed by atoms with Gasteiger partial charge in [-0.1, -0.05) is 6.92 Å². The molecule has 1 aliphatic heterocycles. The lowest BCUT2D eigenvalue weighted by atomic mass is 9.99. The molecule has 0 bridgehead atoms. The van der Waals surface area contributed by atoms with E-state index in [0.29, 0.717) is 6.07 Å². The van der Waals surface area contributed by atoms with Crippen LogP contribution in [0.5, 0.6) is 5.75 Å². The summed E-state index contributed by atoms with van der Waals surface area (Å²) in [7, 11) is -4.12. The molecule has 1 saturated heterocycles. The average molecular weight is 353 g/mol. The van der Waals surface area contributed by atoms with E-state index in [0.717, 1.165) is 16.4 Å². The van der Waals surface area contributed by atoms with Gasteiger partial charge in [0.2, 0.25) is 10.0 Å². The fraction of sp³-hybridized carbons (Fsp3) is 0.462. The number of carboxylic acids is 1. The molecule has 2 rings (SSSR count). The van der Waals surface area contributed by atoms with Crippen molar-refractivity contribution >= 4 is 16.0 Å². The number of rotatable bonds is 5. The van der Waals surface area contributed by atoms with E-state index < -0.39 is 50.9 Å². The monoisotopic (exact) mass is 353 g/mol. The van der Waals surface area contributed by atoms with Crippen LogP contribution < -0.4 is 4.74 Å². The van der Waals surface area contributed by atoms with Gasteiger partial charge in [-0.3, -0.25) is 4.79 Å². The Balaban J connectivity index is 2.27. The summed E-state index contributed by atoms with van der Waals surface area (Å²) < 4.78 is 67.5. The van der Waals surface area contributed by atoms with Crippen LogP contribution in [0, 0.1) is 17.7 Å². The van der Waals surface area contributed by atoms with Gasteiger partial charge in [0, 0.05) is 13.1 Å². The lowest BCUT2D eigenvalue weighted by molar-refractivity contribution is -0.142. The van der Waals surface area contributed by atoms with E-state index in [2.05, 4.69) is 4.74 Å². The first kappa shape index (κ1) is 17.5. The minimum Gasteiger partial charge on any atom is -0.481 e. The molecule has 128 valence electrons. The first-order valence-electron chi connectivity index (χ1n) is 6.60. The minimum atomic E-state index is -4.12. The third-order valence-corrected chi connectivity index (χ3v) is 5.48. The number of halogens is 3. The molecular weight excluding hydrogens is 339 g/mol. The summed E-state index contributed by atoms with van der Waals surface area (Å²) in [6, 6.07) is 2.31. The van der Waals surface area contributed by atoms with E-state index in [1.807, 2.05) is 0 Å². The highest BCUT2D eigenvalue weighted by Crippen LogP contribution is 2.30. The maximum atomic E-state index is 13.7. The van der Waals surface area contributed by atoms with Gasteiger partial charge < -0.3 is 9.84 Å². The van der Waals surface area contributed by atoms with Crippen molar-refractivity contribution in [2.45, 2.75) is 18.4 Å². The van der Waals surface area contributed by atoms with Gasteiger partial charge in [0.05, 0.1) is 10.8 Å². The smallest absolute Gasteiger partial charge is 0.387 e. The number of ether oxygens (including phenoxy) is 1. The molecule has 1 fully saturated rings. The number of benzene rings is 1. The van der Waals surface area contributed by atoms with Crippen LogP contribution in [0.4, 0.5) is 13.2 Å². The Morgan fingerprint density at radius 3 is 2.52 bits per heavy atom. The Kier molecular flexibility index (Phi) is 4.85. The van der Waals surface area contributed by atoms with Crippen molar-refractivity contribution in [1.29, 1.82) is 0 Å². The predicted molar refractivity (Wildman–Crippen MR) is 72.1 cm³/mol. The maximum Gasteiger partial charge on any atom is 0.387 e. The topological polar surface area (TPSA) is 83.9 Å². The minimum absolute atomic E-state index is 0.0177. The molecule has 6 nitrogen and oxygen atoms in total. The van der Waals surface area contributed by atoms with Crippen LogP contribution in [-0.2, 0) is 14.8 Å². The highest BCUT2D eigenvalue weighted by Gasteiger charge is 2.40. The van der Waals surface area contributed by atoms with Crippen LogP contribution >= 0.6 is 0 Å². The number of hydrogen-bond acceptors (Lipinski definition) is 4. The standard InChI is InChI=1S/C13H14F3NO5S/c1-7-5-17(6-9(7)12(18)19)23(20,21)8-2-3-11(10(14)4-8)22-13(15)16/h2-4,7,9,13H,5-6H2,1H3,(H,18,19)/t7-,9-/m1/s1. The van der Waals surface area contributed by atoms with Crippen LogP contribution in [0.25, 0.3) is 0 Å². The van der Waals surface area contributed by atoms with Crippen molar-refractivity contribution in [3.05, 3.63) is 24.0 Å². The van der Waals surface area contributed by atoms with Crippen LogP contribution in [-0.4, -0.2) is 43.5 Å². The van der Waals surface area contributed by atoms with E-state index in [1.54, 1.807) is 6.92 Å². The van der Waals surface area contributed by atoms with Crippen LogP contribution in [0.15, 0.2) is 23.1 Å². The number of hydrogen-bond donors (Lipinski definition) is 1. The molecule has 23 heavy (non-hydrogen) atoms. The highest BCUT2D eigenvalue weighted by atomic mass is 32.2. The second-order valence-electron chi connectivity index (χ2n) is 5.21. The second kappa shape index (κ2) is 6.36. The van der Waals surface area contributed by atoms with Crippen molar-refractivity contribution in [2.24, 2.45) is 11.8 Å². The third kappa shape index (κ3) is 3.58. The summed E-state index contributed by atoms with van der Waals surface area (Å²) in [5, 5.41) is 9.03. The zero-order chi connectivity index (χ0) is 17.4. The number of alkyl halides is 2. The molecule has 1 aromatic rings. The summed E-state index contributed by atoms with van der Waals surface area (Å²) in [6.45, 7) is -1.87. The Hall–Kier alpha value is -1.81. The molecule has 2 atom stereocenters. The fourth-order valence-electron chi connectivity index (χ4n) is 2.42. The average Bonchev–Trinajstić information content (AvgIpc) is 2.83. The lowest BCUT2D eigenvalue weighted by Crippen LogP contribution is -2.30.